The second kappa shape index (κ2) is 9.39. The molecule has 2 rings (SSSR count). The van der Waals surface area contributed by atoms with E-state index in [0.717, 1.165) is 17.2 Å². The van der Waals surface area contributed by atoms with E-state index in [2.05, 4.69) is 11.9 Å². The Morgan fingerprint density at radius 2 is 1.53 bits per heavy atom. The minimum absolute atomic E-state index is 0.0468. The monoisotopic (exact) mass is 437 g/mol. The van der Waals surface area contributed by atoms with Gasteiger partial charge >= 0.3 is 5.97 Å². The number of carbonyl (C=O) groups is 3. The first-order valence-corrected chi connectivity index (χ1v) is 10.4. The molecule has 0 aliphatic heterocycles. The summed E-state index contributed by atoms with van der Waals surface area (Å²) in [7, 11) is 0. The lowest BCUT2D eigenvalue weighted by Gasteiger charge is -2.21. The van der Waals surface area contributed by atoms with Gasteiger partial charge in [-0.05, 0) is 40.2 Å². The summed E-state index contributed by atoms with van der Waals surface area (Å²) in [6, 6.07) is 10.1. The van der Waals surface area contributed by atoms with Crippen LogP contribution in [0, 0.1) is 0 Å². The molecule has 2 aromatic carbocycles. The van der Waals surface area contributed by atoms with Crippen LogP contribution in [0.2, 0.25) is 0 Å². The average molecular weight is 438 g/mol. The average Bonchev–Trinajstić information content (AvgIpc) is 2.68. The van der Waals surface area contributed by atoms with E-state index in [1.54, 1.807) is 30.3 Å². The topological polar surface area (TPSA) is 92.7 Å². The highest BCUT2D eigenvalue weighted by Crippen LogP contribution is 2.32. The molecule has 0 aromatic heterocycles. The van der Waals surface area contributed by atoms with Gasteiger partial charge in [0.05, 0.1) is 5.69 Å². The summed E-state index contributed by atoms with van der Waals surface area (Å²) >= 11 is 0. The lowest BCUT2D eigenvalue weighted by atomic mass is 9.85. The van der Waals surface area contributed by atoms with Gasteiger partial charge in [-0.15, -0.1) is 0 Å². The number of benzene rings is 2. The highest BCUT2D eigenvalue weighted by atomic mass is 16.5. The molecule has 0 aliphatic rings. The van der Waals surface area contributed by atoms with Gasteiger partial charge in [-0.1, -0.05) is 66.3 Å². The van der Waals surface area contributed by atoms with Crippen molar-refractivity contribution < 1.29 is 24.2 Å². The molecule has 0 radical (unpaired) electrons. The molecule has 2 aromatic rings. The highest BCUT2D eigenvalue weighted by Gasteiger charge is 2.23. The molecular weight excluding hydrogens is 406 g/mol. The Balaban J connectivity index is 2.30. The third-order valence-electron chi connectivity index (χ3n) is 5.02. The van der Waals surface area contributed by atoms with Gasteiger partial charge in [0.25, 0.3) is 5.91 Å². The van der Waals surface area contributed by atoms with E-state index >= 15 is 0 Å². The summed E-state index contributed by atoms with van der Waals surface area (Å²) in [6.07, 6.45) is 0.752. The number of carbonyl (C=O) groups excluding carboxylic acids is 3. The maximum absolute atomic E-state index is 12.7. The Bertz CT molecular complexity index is 1050. The molecule has 6 nitrogen and oxygen atoms in total. The quantitative estimate of drug-likeness (QED) is 0.292. The van der Waals surface area contributed by atoms with Crippen molar-refractivity contribution >= 4 is 23.3 Å². The van der Waals surface area contributed by atoms with Crippen molar-refractivity contribution in [1.82, 2.24) is 0 Å². The van der Waals surface area contributed by atoms with Gasteiger partial charge in [0.1, 0.15) is 5.75 Å². The number of Topliss-reactive ketones (excluding diaryl/α,β-unsaturated/α-hetero) is 1. The van der Waals surface area contributed by atoms with E-state index in [9.17, 15) is 19.5 Å². The summed E-state index contributed by atoms with van der Waals surface area (Å²) in [6.45, 7) is 15.4. The van der Waals surface area contributed by atoms with Crippen molar-refractivity contribution in [3.05, 3.63) is 65.7 Å². The van der Waals surface area contributed by atoms with Gasteiger partial charge in [-0.2, -0.15) is 0 Å². The number of rotatable bonds is 6. The zero-order valence-corrected chi connectivity index (χ0v) is 19.5. The number of ketones is 1. The number of phenolic OH excluding ortho intramolecular Hbond substituents is 1. The molecule has 0 saturated carbocycles. The molecule has 0 heterocycles. The summed E-state index contributed by atoms with van der Waals surface area (Å²) < 4.78 is 5.21. The van der Waals surface area contributed by atoms with Crippen molar-refractivity contribution in [2.24, 2.45) is 0 Å². The van der Waals surface area contributed by atoms with E-state index < -0.39 is 17.7 Å². The van der Waals surface area contributed by atoms with Gasteiger partial charge in [0, 0.05) is 18.1 Å². The number of esters is 1. The number of amides is 1. The van der Waals surface area contributed by atoms with Crippen molar-refractivity contribution in [3.63, 3.8) is 0 Å². The molecule has 170 valence electrons. The predicted octanol–water partition coefficient (Wildman–Crippen LogP) is 4.83. The van der Waals surface area contributed by atoms with Crippen molar-refractivity contribution in [2.75, 3.05) is 5.32 Å². The van der Waals surface area contributed by atoms with Gasteiger partial charge in [0.2, 0.25) is 5.78 Å². The molecule has 32 heavy (non-hydrogen) atoms. The number of anilines is 1. The van der Waals surface area contributed by atoms with Crippen molar-refractivity contribution in [2.45, 2.75) is 58.8 Å². The second-order valence-corrected chi connectivity index (χ2v) is 9.73. The van der Waals surface area contributed by atoms with Crippen LogP contribution in [0.15, 0.2) is 49.1 Å². The van der Waals surface area contributed by atoms with E-state index in [4.69, 9.17) is 4.74 Å². The summed E-state index contributed by atoms with van der Waals surface area (Å²) in [4.78, 5) is 37.0. The largest absolute Gasteiger partial charge is 0.508 e. The molecule has 0 bridgehead atoms. The fraction of sp³-hybridized carbons (Fsp3) is 0.346. The maximum Gasteiger partial charge on any atom is 0.335 e. The Labute approximate surface area is 189 Å². The van der Waals surface area contributed by atoms with E-state index in [1.807, 2.05) is 41.5 Å². The van der Waals surface area contributed by atoms with Crippen LogP contribution in [0.5, 0.6) is 11.5 Å². The maximum atomic E-state index is 12.7. The first-order valence-electron chi connectivity index (χ1n) is 10.4. The summed E-state index contributed by atoms with van der Waals surface area (Å²) in [5.41, 5.74) is 2.00. The molecular formula is C26H31NO5. The smallest absolute Gasteiger partial charge is 0.335 e. The molecule has 2 N–H and O–H groups in total. The molecule has 6 heteroatoms. The number of ether oxygens (including phenoxy) is 1. The summed E-state index contributed by atoms with van der Waals surface area (Å²) in [5, 5.41) is 12.7. The van der Waals surface area contributed by atoms with Crippen LogP contribution in [-0.4, -0.2) is 22.8 Å². The number of hydrogen-bond donors (Lipinski definition) is 2. The number of phenols is 1. The number of nitrogens with one attached hydrogen (secondary N) is 1. The standard InChI is InChI=1S/C26H31NO5/c1-8-23(30)32-22-12-10-18(26(5,6)7)15-19(22)27-24(31)21(29)14-16-13-17(25(2,3)4)9-11-20(16)28/h8-13,15,28H,1,14H2,2-7H3,(H,27,31). The van der Waals surface area contributed by atoms with Crippen LogP contribution in [0.25, 0.3) is 0 Å². The van der Waals surface area contributed by atoms with Crippen LogP contribution < -0.4 is 10.1 Å². The molecule has 0 unspecified atom stereocenters. The first-order chi connectivity index (χ1) is 14.7. The number of aromatic hydroxyl groups is 1. The molecule has 0 saturated heterocycles. The molecule has 0 spiro atoms. The lowest BCUT2D eigenvalue weighted by molar-refractivity contribution is -0.134. The van der Waals surface area contributed by atoms with Crippen LogP contribution in [0.1, 0.15) is 58.2 Å². The summed E-state index contributed by atoms with van der Waals surface area (Å²) in [5.74, 6) is -2.21. The van der Waals surface area contributed by atoms with Crippen LogP contribution >= 0.6 is 0 Å². The lowest BCUT2D eigenvalue weighted by Crippen LogP contribution is -2.25. The van der Waals surface area contributed by atoms with Crippen LogP contribution in [0.3, 0.4) is 0 Å². The van der Waals surface area contributed by atoms with Gasteiger partial charge in [0.15, 0.2) is 5.75 Å². The van der Waals surface area contributed by atoms with Gasteiger partial charge in [-0.25, -0.2) is 4.79 Å². The van der Waals surface area contributed by atoms with E-state index in [0.29, 0.717) is 5.56 Å². The third kappa shape index (κ3) is 6.30. The van der Waals surface area contributed by atoms with Crippen LogP contribution in [0.4, 0.5) is 5.69 Å². The fourth-order valence-corrected chi connectivity index (χ4v) is 2.97. The normalized spacial score (nSPS) is 11.6. The Kier molecular flexibility index (Phi) is 7.29. The second-order valence-electron chi connectivity index (χ2n) is 9.73. The Hall–Kier alpha value is -3.41. The van der Waals surface area contributed by atoms with Crippen molar-refractivity contribution in [3.8, 4) is 11.5 Å². The molecule has 0 atom stereocenters. The first kappa shape index (κ1) is 24.9. The Morgan fingerprint density at radius 1 is 0.969 bits per heavy atom. The molecule has 1 amide bonds. The number of hydrogen-bond acceptors (Lipinski definition) is 5. The van der Waals surface area contributed by atoms with Crippen molar-refractivity contribution in [1.29, 1.82) is 0 Å². The fourth-order valence-electron chi connectivity index (χ4n) is 2.97. The molecule has 0 aliphatic carbocycles. The van der Waals surface area contributed by atoms with Gasteiger partial charge < -0.3 is 15.2 Å². The third-order valence-corrected chi connectivity index (χ3v) is 5.02. The highest BCUT2D eigenvalue weighted by molar-refractivity contribution is 6.41. The minimum atomic E-state index is -0.868. The van der Waals surface area contributed by atoms with Crippen LogP contribution in [-0.2, 0) is 31.6 Å². The zero-order valence-electron chi connectivity index (χ0n) is 19.5. The SMILES string of the molecule is C=CC(=O)Oc1ccc(C(C)(C)C)cc1NC(=O)C(=O)Cc1cc(C(C)(C)C)ccc1O. The Morgan fingerprint density at radius 3 is 2.09 bits per heavy atom. The minimum Gasteiger partial charge on any atom is -0.508 e. The predicted molar refractivity (Wildman–Crippen MR) is 125 cm³/mol. The van der Waals surface area contributed by atoms with Gasteiger partial charge in [-0.3, -0.25) is 9.59 Å². The molecule has 0 fully saturated rings. The zero-order chi connectivity index (χ0) is 24.3. The van der Waals surface area contributed by atoms with E-state index in [1.165, 1.54) is 6.07 Å². The van der Waals surface area contributed by atoms with E-state index in [-0.39, 0.29) is 34.4 Å².